The predicted molar refractivity (Wildman–Crippen MR) is 89.7 cm³/mol. The van der Waals surface area contributed by atoms with E-state index in [2.05, 4.69) is 25.8 Å². The molecule has 0 spiro atoms. The molecular weight excluding hydrogens is 359 g/mol. The Bertz CT molecular complexity index is 596. The SMILES string of the molecule is COc1ccc(OC(=O)[O-])cc1.COc1ccc(OC(=O)[O-])cc1.[CH3][Al+2]. The van der Waals surface area contributed by atoms with Crippen LogP contribution in [0.1, 0.15) is 0 Å². The standard InChI is InChI=1S/2C8H8O4.CH3.Al/c2*1-11-6-2-4-7(5-3-6)12-8(9)10;;/h2*2-5H,1H3,(H,9,10);1H3;/q;;;+2/p-2. The number of carbonyl (C=O) groups excluding carboxylic acids is 2. The van der Waals surface area contributed by atoms with Crippen molar-refractivity contribution in [2.24, 2.45) is 0 Å². The molecule has 0 aliphatic carbocycles. The molecule has 0 unspecified atom stereocenters. The third-order valence-electron chi connectivity index (χ3n) is 2.52. The summed E-state index contributed by atoms with van der Waals surface area (Å²) in [7, 11) is 3.04. The van der Waals surface area contributed by atoms with Crippen LogP contribution in [0, 0.1) is 0 Å². The molecule has 2 rings (SSSR count). The molecule has 9 heteroatoms. The molecule has 0 aliphatic rings. The molecule has 0 saturated heterocycles. The topological polar surface area (TPSA) is 117 Å². The Morgan fingerprint density at radius 1 is 0.654 bits per heavy atom. The maximum atomic E-state index is 9.96. The molecule has 0 atom stereocenters. The first-order chi connectivity index (χ1) is 12.4. The molecule has 0 aliphatic heterocycles. The third-order valence-corrected chi connectivity index (χ3v) is 2.52. The molecule has 0 aromatic heterocycles. The van der Waals surface area contributed by atoms with Gasteiger partial charge in [0.25, 0.3) is 12.3 Å². The Kier molecular flexibility index (Phi) is 11.9. The second-order valence-electron chi connectivity index (χ2n) is 4.06. The van der Waals surface area contributed by atoms with Gasteiger partial charge in [0.05, 0.1) is 25.7 Å². The minimum atomic E-state index is -1.57. The normalized spacial score (nSPS) is 8.65. The zero-order chi connectivity index (χ0) is 19.9. The second-order valence-corrected chi connectivity index (χ2v) is 4.06. The van der Waals surface area contributed by atoms with E-state index >= 15 is 0 Å². The molecule has 8 nitrogen and oxygen atoms in total. The zero-order valence-corrected chi connectivity index (χ0v) is 15.6. The fourth-order valence-electron chi connectivity index (χ4n) is 1.48. The average molecular weight is 376 g/mol. The minimum absolute atomic E-state index is 0.218. The number of ether oxygens (including phenoxy) is 4. The fraction of sp³-hybridized carbons (Fsp3) is 0.176. The van der Waals surface area contributed by atoms with Gasteiger partial charge in [0.15, 0.2) is 0 Å². The van der Waals surface area contributed by atoms with Crippen LogP contribution in [0.15, 0.2) is 48.5 Å². The molecular formula is C17H17AlO8. The summed E-state index contributed by atoms with van der Waals surface area (Å²) in [6, 6.07) is 12.3. The van der Waals surface area contributed by atoms with Crippen molar-refractivity contribution in [3.8, 4) is 23.0 Å². The molecule has 0 N–H and O–H groups in total. The predicted octanol–water partition coefficient (Wildman–Crippen LogP) is 1.04. The quantitative estimate of drug-likeness (QED) is 0.441. The first kappa shape index (κ1) is 23.1. The van der Waals surface area contributed by atoms with Crippen LogP contribution in [0.5, 0.6) is 23.0 Å². The summed E-state index contributed by atoms with van der Waals surface area (Å²) in [6.07, 6.45) is -3.14. The summed E-state index contributed by atoms with van der Waals surface area (Å²) < 4.78 is 18.2. The number of benzene rings is 2. The summed E-state index contributed by atoms with van der Waals surface area (Å²) in [5, 5.41) is 19.9. The zero-order valence-electron chi connectivity index (χ0n) is 14.5. The van der Waals surface area contributed by atoms with Gasteiger partial charge in [-0.15, -0.1) is 0 Å². The summed E-state index contributed by atoms with van der Waals surface area (Å²) in [5.41, 5.74) is 0. The molecule has 136 valence electrons. The third kappa shape index (κ3) is 10.1. The van der Waals surface area contributed by atoms with E-state index in [9.17, 15) is 19.8 Å². The maximum absolute atomic E-state index is 9.96. The van der Waals surface area contributed by atoms with Crippen LogP contribution in [0.2, 0.25) is 5.79 Å². The van der Waals surface area contributed by atoms with Crippen molar-refractivity contribution in [3.63, 3.8) is 0 Å². The van der Waals surface area contributed by atoms with Crippen LogP contribution in [-0.4, -0.2) is 42.8 Å². The van der Waals surface area contributed by atoms with Crippen LogP contribution in [-0.2, 0) is 0 Å². The average Bonchev–Trinajstić information content (AvgIpc) is 2.64. The van der Waals surface area contributed by atoms with Gasteiger partial charge in [0.2, 0.25) is 0 Å². The Hall–Kier alpha value is -2.89. The summed E-state index contributed by atoms with van der Waals surface area (Å²) in [6.45, 7) is 0. The van der Waals surface area contributed by atoms with E-state index in [4.69, 9.17) is 9.47 Å². The number of methoxy groups -OCH3 is 2. The van der Waals surface area contributed by atoms with E-state index in [1.165, 1.54) is 38.5 Å². The van der Waals surface area contributed by atoms with Gasteiger partial charge < -0.3 is 38.7 Å². The van der Waals surface area contributed by atoms with Gasteiger partial charge in [-0.1, -0.05) is 0 Å². The molecule has 0 saturated carbocycles. The molecule has 2 aromatic carbocycles. The first-order valence-corrected chi connectivity index (χ1v) is 8.23. The van der Waals surface area contributed by atoms with Crippen molar-refractivity contribution in [2.75, 3.05) is 14.2 Å². The Morgan fingerprint density at radius 3 is 1.08 bits per heavy atom. The van der Waals surface area contributed by atoms with Crippen LogP contribution < -0.4 is 29.2 Å². The molecule has 0 amide bonds. The van der Waals surface area contributed by atoms with Gasteiger partial charge in [-0.25, -0.2) is 0 Å². The van der Waals surface area contributed by atoms with Crippen LogP contribution in [0.25, 0.3) is 0 Å². The van der Waals surface area contributed by atoms with Gasteiger partial charge >= 0.3 is 22.1 Å². The Labute approximate surface area is 159 Å². The summed E-state index contributed by atoms with van der Waals surface area (Å²) in [4.78, 5) is 19.9. The van der Waals surface area contributed by atoms with E-state index in [1.54, 1.807) is 24.3 Å². The van der Waals surface area contributed by atoms with Gasteiger partial charge in [0, 0.05) is 0 Å². The van der Waals surface area contributed by atoms with Crippen LogP contribution >= 0.6 is 0 Å². The second kappa shape index (κ2) is 13.4. The summed E-state index contributed by atoms with van der Waals surface area (Å²) >= 11 is 2.42. The van der Waals surface area contributed by atoms with Crippen molar-refractivity contribution in [3.05, 3.63) is 48.5 Å². The van der Waals surface area contributed by atoms with Crippen LogP contribution in [0.4, 0.5) is 9.59 Å². The van der Waals surface area contributed by atoms with Gasteiger partial charge in [0.1, 0.15) is 11.5 Å². The van der Waals surface area contributed by atoms with Gasteiger partial charge in [-0.2, -0.15) is 0 Å². The van der Waals surface area contributed by atoms with Crippen molar-refractivity contribution < 1.29 is 38.7 Å². The Morgan fingerprint density at radius 2 is 0.885 bits per heavy atom. The number of rotatable bonds is 4. The Balaban J connectivity index is 0.000000439. The number of hydrogen-bond acceptors (Lipinski definition) is 8. The van der Waals surface area contributed by atoms with E-state index in [0.29, 0.717) is 11.5 Å². The molecule has 0 radical (unpaired) electrons. The van der Waals surface area contributed by atoms with Gasteiger partial charge in [-0.3, -0.25) is 0 Å². The fourth-order valence-corrected chi connectivity index (χ4v) is 1.48. The first-order valence-electron chi connectivity index (χ1n) is 7.08. The number of carbonyl (C=O) groups is 2. The van der Waals surface area contributed by atoms with Crippen LogP contribution in [0.3, 0.4) is 0 Å². The molecule has 0 heterocycles. The molecule has 2 aromatic rings. The summed E-state index contributed by atoms with van der Waals surface area (Å²) in [5.74, 6) is 3.63. The molecule has 26 heavy (non-hydrogen) atoms. The van der Waals surface area contributed by atoms with Crippen molar-refractivity contribution in [1.82, 2.24) is 0 Å². The van der Waals surface area contributed by atoms with E-state index in [0.717, 1.165) is 0 Å². The van der Waals surface area contributed by atoms with E-state index in [-0.39, 0.29) is 11.5 Å². The van der Waals surface area contributed by atoms with Crippen molar-refractivity contribution >= 4 is 28.6 Å². The monoisotopic (exact) mass is 376 g/mol. The molecule has 0 fully saturated rings. The molecule has 0 bridgehead atoms. The van der Waals surface area contributed by atoms with Crippen molar-refractivity contribution in [1.29, 1.82) is 0 Å². The van der Waals surface area contributed by atoms with Crippen molar-refractivity contribution in [2.45, 2.75) is 5.79 Å². The van der Waals surface area contributed by atoms with E-state index in [1.807, 2.05) is 5.79 Å². The van der Waals surface area contributed by atoms with Gasteiger partial charge in [-0.05, 0) is 48.5 Å². The van der Waals surface area contributed by atoms with E-state index < -0.39 is 12.3 Å². The number of hydrogen-bond donors (Lipinski definition) is 0. The number of carboxylic acid groups (broad SMARTS) is 2.